The van der Waals surface area contributed by atoms with Gasteiger partial charge in [0.25, 0.3) is 5.56 Å². The molecular formula is C14H15ClN2O2S. The molecule has 106 valence electrons. The van der Waals surface area contributed by atoms with Crippen molar-refractivity contribution in [1.29, 1.82) is 0 Å². The van der Waals surface area contributed by atoms with Crippen molar-refractivity contribution in [3.63, 3.8) is 0 Å². The maximum atomic E-state index is 12.5. The first-order valence-electron chi connectivity index (χ1n) is 6.13. The molecule has 1 N–H and O–H groups in total. The summed E-state index contributed by atoms with van der Waals surface area (Å²) in [6.07, 6.45) is 1.93. The van der Waals surface area contributed by atoms with E-state index in [0.717, 1.165) is 11.1 Å². The Kier molecular flexibility index (Phi) is 4.73. The summed E-state index contributed by atoms with van der Waals surface area (Å²) in [5.41, 5.74) is 1.23. The first-order valence-corrected chi connectivity index (χ1v) is 7.91. The van der Waals surface area contributed by atoms with Gasteiger partial charge >= 0.3 is 5.69 Å². The average molecular weight is 311 g/mol. The van der Waals surface area contributed by atoms with Crippen molar-refractivity contribution < 1.29 is 0 Å². The quantitative estimate of drug-likeness (QED) is 0.883. The molecular weight excluding hydrogens is 296 g/mol. The van der Waals surface area contributed by atoms with E-state index in [4.69, 9.17) is 11.6 Å². The van der Waals surface area contributed by atoms with Crippen LogP contribution in [0.3, 0.4) is 0 Å². The fourth-order valence-electron chi connectivity index (χ4n) is 2.02. The molecule has 0 bridgehead atoms. The summed E-state index contributed by atoms with van der Waals surface area (Å²) in [5.74, 6) is 0.692. The Morgan fingerprint density at radius 1 is 1.30 bits per heavy atom. The van der Waals surface area contributed by atoms with Crippen LogP contribution in [0.15, 0.2) is 33.9 Å². The molecule has 4 nitrogen and oxygen atoms in total. The lowest BCUT2D eigenvalue weighted by atomic mass is 10.0. The maximum absolute atomic E-state index is 12.5. The van der Waals surface area contributed by atoms with Crippen LogP contribution in [-0.2, 0) is 6.54 Å². The monoisotopic (exact) mass is 310 g/mol. The van der Waals surface area contributed by atoms with E-state index in [-0.39, 0.29) is 10.7 Å². The van der Waals surface area contributed by atoms with Crippen LogP contribution in [0.25, 0.3) is 11.1 Å². The maximum Gasteiger partial charge on any atom is 0.329 e. The number of nitrogens with zero attached hydrogens (tertiary/aromatic N) is 1. The van der Waals surface area contributed by atoms with E-state index in [0.29, 0.717) is 17.9 Å². The van der Waals surface area contributed by atoms with Crippen LogP contribution in [0.4, 0.5) is 0 Å². The van der Waals surface area contributed by atoms with Gasteiger partial charge < -0.3 is 0 Å². The van der Waals surface area contributed by atoms with E-state index >= 15 is 0 Å². The van der Waals surface area contributed by atoms with Crippen LogP contribution >= 0.6 is 23.4 Å². The molecule has 1 aromatic carbocycles. The molecule has 0 aliphatic carbocycles. The first-order chi connectivity index (χ1) is 9.56. The normalized spacial score (nSPS) is 10.8. The van der Waals surface area contributed by atoms with Crippen LogP contribution in [-0.4, -0.2) is 21.6 Å². The Hall–Kier alpha value is -1.46. The largest absolute Gasteiger partial charge is 0.329 e. The van der Waals surface area contributed by atoms with Crippen molar-refractivity contribution in [2.24, 2.45) is 0 Å². The van der Waals surface area contributed by atoms with E-state index in [2.05, 4.69) is 4.98 Å². The molecule has 0 aliphatic heterocycles. The van der Waals surface area contributed by atoms with Gasteiger partial charge in [0.2, 0.25) is 0 Å². The van der Waals surface area contributed by atoms with Crippen LogP contribution < -0.4 is 11.2 Å². The number of rotatable bonds is 4. The second kappa shape index (κ2) is 6.33. The number of halogens is 1. The molecule has 1 aromatic heterocycles. The number of aryl methyl sites for hydroxylation is 1. The second-order valence-corrected chi connectivity index (χ2v) is 5.75. The number of aromatic nitrogens is 2. The van der Waals surface area contributed by atoms with Crippen molar-refractivity contribution in [2.75, 3.05) is 12.0 Å². The van der Waals surface area contributed by atoms with Crippen molar-refractivity contribution in [1.82, 2.24) is 9.55 Å². The standard InChI is InChI=1S/C14H15ClN2O2S/c1-9-5-3-4-6-10(9)11-12(15)16-14(19)17(13(11)18)7-8-20-2/h3-6H,7-8H2,1-2H3,(H,16,19). The lowest BCUT2D eigenvalue weighted by Gasteiger charge is -2.10. The number of H-pyrrole nitrogens is 1. The predicted molar refractivity (Wildman–Crippen MR) is 84.9 cm³/mol. The van der Waals surface area contributed by atoms with Gasteiger partial charge in [-0.25, -0.2) is 4.79 Å². The summed E-state index contributed by atoms with van der Waals surface area (Å²) >= 11 is 7.65. The third-order valence-electron chi connectivity index (χ3n) is 3.07. The lowest BCUT2D eigenvalue weighted by Crippen LogP contribution is -2.36. The van der Waals surface area contributed by atoms with Crippen molar-refractivity contribution in [2.45, 2.75) is 13.5 Å². The Morgan fingerprint density at radius 2 is 2.00 bits per heavy atom. The molecule has 0 unspecified atom stereocenters. The third kappa shape index (κ3) is 2.83. The molecule has 0 atom stereocenters. The molecule has 0 saturated carbocycles. The second-order valence-electron chi connectivity index (χ2n) is 4.38. The van der Waals surface area contributed by atoms with Crippen LogP contribution in [0.2, 0.25) is 5.15 Å². The number of benzene rings is 1. The van der Waals surface area contributed by atoms with E-state index < -0.39 is 5.69 Å². The zero-order valence-electron chi connectivity index (χ0n) is 11.3. The number of nitrogens with one attached hydrogen (secondary N) is 1. The Morgan fingerprint density at radius 3 is 2.65 bits per heavy atom. The van der Waals surface area contributed by atoms with Gasteiger partial charge in [-0.15, -0.1) is 0 Å². The minimum Gasteiger partial charge on any atom is -0.297 e. The Bertz CT molecular complexity index is 737. The van der Waals surface area contributed by atoms with Gasteiger partial charge in [0, 0.05) is 12.3 Å². The van der Waals surface area contributed by atoms with Gasteiger partial charge in [-0.1, -0.05) is 35.9 Å². The molecule has 0 spiro atoms. The molecule has 0 amide bonds. The van der Waals surface area contributed by atoms with Crippen molar-refractivity contribution >= 4 is 23.4 Å². The minimum atomic E-state index is -0.466. The molecule has 1 heterocycles. The van der Waals surface area contributed by atoms with Gasteiger partial charge in [0.05, 0.1) is 5.56 Å². The van der Waals surface area contributed by atoms with Gasteiger partial charge in [-0.2, -0.15) is 11.8 Å². The minimum absolute atomic E-state index is 0.0923. The smallest absolute Gasteiger partial charge is 0.297 e. The number of hydrogen-bond donors (Lipinski definition) is 1. The highest BCUT2D eigenvalue weighted by atomic mass is 35.5. The third-order valence-corrected chi connectivity index (χ3v) is 3.95. The van der Waals surface area contributed by atoms with E-state index in [1.165, 1.54) is 4.57 Å². The van der Waals surface area contributed by atoms with Gasteiger partial charge in [0.15, 0.2) is 0 Å². The first kappa shape index (κ1) is 14.9. The molecule has 2 aromatic rings. The van der Waals surface area contributed by atoms with Crippen molar-refractivity contribution in [3.8, 4) is 11.1 Å². The molecule has 0 aliphatic rings. The van der Waals surface area contributed by atoms with E-state index in [1.54, 1.807) is 11.8 Å². The zero-order chi connectivity index (χ0) is 14.7. The molecule has 0 fully saturated rings. The summed E-state index contributed by atoms with van der Waals surface area (Å²) in [7, 11) is 0. The highest BCUT2D eigenvalue weighted by molar-refractivity contribution is 7.98. The fraction of sp³-hybridized carbons (Fsp3) is 0.286. The molecule has 6 heteroatoms. The summed E-state index contributed by atoms with van der Waals surface area (Å²) in [6, 6.07) is 7.47. The van der Waals surface area contributed by atoms with E-state index in [1.807, 2.05) is 37.4 Å². The highest BCUT2D eigenvalue weighted by Gasteiger charge is 2.15. The van der Waals surface area contributed by atoms with Crippen LogP contribution in [0, 0.1) is 6.92 Å². The topological polar surface area (TPSA) is 54.9 Å². The number of thioether (sulfide) groups is 1. The van der Waals surface area contributed by atoms with Crippen molar-refractivity contribution in [3.05, 3.63) is 55.8 Å². The SMILES string of the molecule is CSCCn1c(=O)[nH]c(Cl)c(-c2ccccc2C)c1=O. The summed E-state index contributed by atoms with van der Waals surface area (Å²) in [4.78, 5) is 26.9. The summed E-state index contributed by atoms with van der Waals surface area (Å²) in [5, 5.41) is 0.0923. The van der Waals surface area contributed by atoms with Crippen LogP contribution in [0.1, 0.15) is 5.56 Å². The summed E-state index contributed by atoms with van der Waals surface area (Å²) in [6.45, 7) is 2.27. The Labute approximate surface area is 125 Å². The fourth-order valence-corrected chi connectivity index (χ4v) is 2.65. The molecule has 2 rings (SSSR count). The number of aromatic amines is 1. The van der Waals surface area contributed by atoms with Crippen LogP contribution in [0.5, 0.6) is 0 Å². The molecule has 20 heavy (non-hydrogen) atoms. The van der Waals surface area contributed by atoms with Gasteiger partial charge in [-0.05, 0) is 24.3 Å². The number of hydrogen-bond acceptors (Lipinski definition) is 3. The van der Waals surface area contributed by atoms with Gasteiger partial charge in [0.1, 0.15) is 5.15 Å². The Balaban J connectivity index is 2.68. The summed E-state index contributed by atoms with van der Waals surface area (Å²) < 4.78 is 1.20. The molecule has 0 radical (unpaired) electrons. The van der Waals surface area contributed by atoms with E-state index in [9.17, 15) is 9.59 Å². The van der Waals surface area contributed by atoms with Gasteiger partial charge in [-0.3, -0.25) is 14.3 Å². The highest BCUT2D eigenvalue weighted by Crippen LogP contribution is 2.24. The predicted octanol–water partition coefficient (Wildman–Crippen LogP) is 2.53. The lowest BCUT2D eigenvalue weighted by molar-refractivity contribution is 0.682. The zero-order valence-corrected chi connectivity index (χ0v) is 12.8. The average Bonchev–Trinajstić information content (AvgIpc) is 2.40. The molecule has 0 saturated heterocycles.